The number of carboxylic acids is 1. The Kier molecular flexibility index (Phi) is 5.37. The maximum atomic E-state index is 12.2. The van der Waals surface area contributed by atoms with Gasteiger partial charge in [-0.15, -0.1) is 0 Å². The van der Waals surface area contributed by atoms with Crippen LogP contribution in [0.5, 0.6) is 0 Å². The molecule has 20 heavy (non-hydrogen) atoms. The van der Waals surface area contributed by atoms with E-state index in [4.69, 9.17) is 14.6 Å². The van der Waals surface area contributed by atoms with Gasteiger partial charge in [0, 0.05) is 13.2 Å². The molecule has 0 aromatic carbocycles. The van der Waals surface area contributed by atoms with Crippen LogP contribution in [0.15, 0.2) is 0 Å². The number of hydrogen-bond donors (Lipinski definition) is 1. The smallest absolute Gasteiger partial charge is 0.326 e. The van der Waals surface area contributed by atoms with Gasteiger partial charge < -0.3 is 19.5 Å². The van der Waals surface area contributed by atoms with Crippen molar-refractivity contribution < 1.29 is 24.2 Å². The molecule has 6 heteroatoms. The molecule has 1 amide bonds. The average Bonchev–Trinajstić information content (AvgIpc) is 2.94. The first-order chi connectivity index (χ1) is 9.59. The summed E-state index contributed by atoms with van der Waals surface area (Å²) in [6, 6.07) is -0.695. The van der Waals surface area contributed by atoms with E-state index in [1.54, 1.807) is 6.92 Å². The zero-order chi connectivity index (χ0) is 14.5. The molecule has 2 heterocycles. The molecule has 0 aromatic heterocycles. The summed E-state index contributed by atoms with van der Waals surface area (Å²) < 4.78 is 11.1. The number of carbonyl (C=O) groups excluding carboxylic acids is 1. The molecule has 2 aliphatic heterocycles. The van der Waals surface area contributed by atoms with Crippen molar-refractivity contribution in [2.24, 2.45) is 0 Å². The summed E-state index contributed by atoms with van der Waals surface area (Å²) in [7, 11) is 0. The van der Waals surface area contributed by atoms with Gasteiger partial charge in [0.1, 0.15) is 12.1 Å². The first kappa shape index (κ1) is 15.3. The van der Waals surface area contributed by atoms with Crippen LogP contribution in [-0.4, -0.2) is 59.9 Å². The van der Waals surface area contributed by atoms with E-state index in [2.05, 4.69) is 0 Å². The minimum atomic E-state index is -0.932. The lowest BCUT2D eigenvalue weighted by atomic mass is 10.1. The summed E-state index contributed by atoms with van der Waals surface area (Å²) in [6.45, 7) is 3.34. The fourth-order valence-corrected chi connectivity index (χ4v) is 2.78. The molecule has 0 spiro atoms. The normalized spacial score (nSPS) is 28.4. The van der Waals surface area contributed by atoms with E-state index in [1.165, 1.54) is 4.90 Å². The Hall–Kier alpha value is -1.14. The van der Waals surface area contributed by atoms with Crippen molar-refractivity contribution in [3.8, 4) is 0 Å². The van der Waals surface area contributed by atoms with Crippen molar-refractivity contribution in [1.82, 2.24) is 4.90 Å². The van der Waals surface area contributed by atoms with Crippen molar-refractivity contribution in [3.05, 3.63) is 0 Å². The number of rotatable bonds is 5. The van der Waals surface area contributed by atoms with Gasteiger partial charge in [0.05, 0.1) is 12.7 Å². The van der Waals surface area contributed by atoms with Gasteiger partial charge in [-0.3, -0.25) is 4.79 Å². The van der Waals surface area contributed by atoms with Gasteiger partial charge in [0.15, 0.2) is 0 Å². The Labute approximate surface area is 119 Å². The molecule has 6 nitrogen and oxygen atoms in total. The maximum Gasteiger partial charge on any atom is 0.326 e. The van der Waals surface area contributed by atoms with Crippen molar-refractivity contribution >= 4 is 11.9 Å². The first-order valence-corrected chi connectivity index (χ1v) is 7.36. The van der Waals surface area contributed by atoms with Crippen molar-refractivity contribution in [3.63, 3.8) is 0 Å². The van der Waals surface area contributed by atoms with Crippen LogP contribution in [0.4, 0.5) is 0 Å². The molecule has 2 aliphatic rings. The highest BCUT2D eigenvalue weighted by Gasteiger charge is 2.36. The Morgan fingerprint density at radius 1 is 1.35 bits per heavy atom. The molecule has 2 saturated heterocycles. The Bertz CT molecular complexity index is 353. The number of amides is 1. The number of nitrogens with zero attached hydrogens (tertiary/aromatic N) is 1. The fourth-order valence-electron chi connectivity index (χ4n) is 2.78. The van der Waals surface area contributed by atoms with Crippen LogP contribution in [0.2, 0.25) is 0 Å². The Balaban J connectivity index is 1.80. The van der Waals surface area contributed by atoms with Crippen LogP contribution >= 0.6 is 0 Å². The third-order valence-electron chi connectivity index (χ3n) is 3.97. The molecule has 1 N–H and O–H groups in total. The lowest BCUT2D eigenvalue weighted by Gasteiger charge is -2.27. The van der Waals surface area contributed by atoms with E-state index in [-0.39, 0.29) is 12.0 Å². The van der Waals surface area contributed by atoms with E-state index in [0.717, 1.165) is 32.3 Å². The van der Waals surface area contributed by atoms with Crippen LogP contribution in [0.25, 0.3) is 0 Å². The second kappa shape index (κ2) is 7.04. The van der Waals surface area contributed by atoms with Crippen molar-refractivity contribution in [2.75, 3.05) is 19.8 Å². The van der Waals surface area contributed by atoms with Gasteiger partial charge in [0.25, 0.3) is 5.91 Å². The van der Waals surface area contributed by atoms with Crippen LogP contribution < -0.4 is 0 Å². The average molecular weight is 285 g/mol. The second-order valence-corrected chi connectivity index (χ2v) is 5.49. The quantitative estimate of drug-likeness (QED) is 0.816. The van der Waals surface area contributed by atoms with Crippen LogP contribution in [0.1, 0.15) is 39.0 Å². The minimum absolute atomic E-state index is 0.0628. The maximum absolute atomic E-state index is 12.2. The van der Waals surface area contributed by atoms with E-state index >= 15 is 0 Å². The predicted octanol–water partition coefficient (Wildman–Crippen LogP) is 1.04. The van der Waals surface area contributed by atoms with Gasteiger partial charge in [-0.05, 0) is 39.0 Å². The van der Waals surface area contributed by atoms with Gasteiger partial charge in [-0.1, -0.05) is 0 Å². The SMILES string of the molecule is C[C@@H](OC[C@H]1CCCCO1)C(=O)N1CCC[C@@H]1C(=O)O. The van der Waals surface area contributed by atoms with E-state index < -0.39 is 18.1 Å². The monoisotopic (exact) mass is 285 g/mol. The first-order valence-electron chi connectivity index (χ1n) is 7.36. The summed E-state index contributed by atoms with van der Waals surface area (Å²) >= 11 is 0. The van der Waals surface area contributed by atoms with E-state index in [0.29, 0.717) is 19.6 Å². The topological polar surface area (TPSA) is 76.1 Å². The summed E-state index contributed by atoms with van der Waals surface area (Å²) in [4.78, 5) is 24.7. The molecule has 3 atom stereocenters. The molecule has 0 unspecified atom stereocenters. The molecule has 0 aliphatic carbocycles. The zero-order valence-corrected chi connectivity index (χ0v) is 11.9. The standard InChI is InChI=1S/C14H23NO5/c1-10(20-9-11-5-2-3-8-19-11)13(16)15-7-4-6-12(15)14(17)18/h10-12H,2-9H2,1H3,(H,17,18)/t10-,11-,12-/m1/s1. The number of aliphatic carboxylic acids is 1. The van der Waals surface area contributed by atoms with E-state index in [1.807, 2.05) is 0 Å². The fraction of sp³-hybridized carbons (Fsp3) is 0.857. The minimum Gasteiger partial charge on any atom is -0.480 e. The zero-order valence-electron chi connectivity index (χ0n) is 11.9. The highest BCUT2D eigenvalue weighted by molar-refractivity contribution is 5.86. The van der Waals surface area contributed by atoms with Crippen molar-refractivity contribution in [1.29, 1.82) is 0 Å². The molecule has 2 fully saturated rings. The highest BCUT2D eigenvalue weighted by atomic mass is 16.5. The third kappa shape index (κ3) is 3.70. The molecule has 0 aromatic rings. The number of likely N-dealkylation sites (tertiary alicyclic amines) is 1. The summed E-state index contributed by atoms with van der Waals surface area (Å²) in [5.41, 5.74) is 0. The summed E-state index contributed by atoms with van der Waals surface area (Å²) in [5.74, 6) is -1.16. The van der Waals surface area contributed by atoms with Gasteiger partial charge in [-0.25, -0.2) is 4.79 Å². The number of carbonyl (C=O) groups is 2. The lowest BCUT2D eigenvalue weighted by Crippen LogP contribution is -2.46. The number of hydrogen-bond acceptors (Lipinski definition) is 4. The van der Waals surface area contributed by atoms with Crippen molar-refractivity contribution in [2.45, 2.75) is 57.3 Å². The Morgan fingerprint density at radius 3 is 2.80 bits per heavy atom. The van der Waals surface area contributed by atoms with Crippen LogP contribution in [-0.2, 0) is 19.1 Å². The Morgan fingerprint density at radius 2 is 2.15 bits per heavy atom. The van der Waals surface area contributed by atoms with Gasteiger partial charge >= 0.3 is 5.97 Å². The van der Waals surface area contributed by atoms with Crippen LogP contribution in [0, 0.1) is 0 Å². The van der Waals surface area contributed by atoms with Gasteiger partial charge in [0.2, 0.25) is 0 Å². The number of ether oxygens (including phenoxy) is 2. The second-order valence-electron chi connectivity index (χ2n) is 5.49. The molecular weight excluding hydrogens is 262 g/mol. The van der Waals surface area contributed by atoms with E-state index in [9.17, 15) is 9.59 Å². The van der Waals surface area contributed by atoms with Crippen LogP contribution in [0.3, 0.4) is 0 Å². The lowest BCUT2D eigenvalue weighted by molar-refractivity contribution is -0.155. The summed E-state index contributed by atoms with van der Waals surface area (Å²) in [5, 5.41) is 9.09. The largest absolute Gasteiger partial charge is 0.480 e. The molecular formula is C14H23NO5. The van der Waals surface area contributed by atoms with Gasteiger partial charge in [-0.2, -0.15) is 0 Å². The third-order valence-corrected chi connectivity index (χ3v) is 3.97. The molecule has 0 radical (unpaired) electrons. The highest BCUT2D eigenvalue weighted by Crippen LogP contribution is 2.20. The molecule has 0 bridgehead atoms. The molecule has 2 rings (SSSR count). The number of carboxylic acid groups (broad SMARTS) is 1. The molecule has 0 saturated carbocycles. The summed E-state index contributed by atoms with van der Waals surface area (Å²) in [6.07, 6.45) is 3.89. The molecule has 114 valence electrons. The predicted molar refractivity (Wildman–Crippen MR) is 71.4 cm³/mol.